The normalized spacial score (nSPS) is 10.6. The van der Waals surface area contributed by atoms with Crippen LogP contribution in [-0.4, -0.2) is 32.1 Å². The van der Waals surface area contributed by atoms with Crippen LogP contribution in [0, 0.1) is 10.8 Å². The molecule has 8 N–H and O–H groups in total. The van der Waals surface area contributed by atoms with Crippen LogP contribution in [0.4, 0.5) is 5.69 Å². The van der Waals surface area contributed by atoms with Crippen molar-refractivity contribution in [2.45, 2.75) is 40.3 Å². The predicted molar refractivity (Wildman–Crippen MR) is 111 cm³/mol. The third-order valence-electron chi connectivity index (χ3n) is 2.72. The Labute approximate surface area is 156 Å². The Morgan fingerprint density at radius 3 is 2.35 bits per heavy atom. The lowest BCUT2D eigenvalue weighted by Crippen LogP contribution is -2.26. The molecule has 0 aliphatic carbocycles. The molecule has 0 aliphatic rings. The molecule has 1 rings (SSSR count). The summed E-state index contributed by atoms with van der Waals surface area (Å²) in [6.45, 7) is 7.37. The Hall–Kier alpha value is -2.58. The van der Waals surface area contributed by atoms with Crippen LogP contribution < -0.4 is 27.1 Å². The molecule has 0 fully saturated rings. The van der Waals surface area contributed by atoms with E-state index in [1.165, 1.54) is 6.92 Å². The van der Waals surface area contributed by atoms with Crippen LogP contribution in [0.2, 0.25) is 0 Å². The van der Waals surface area contributed by atoms with Gasteiger partial charge in [0.15, 0.2) is 5.90 Å². The fourth-order valence-electron chi connectivity index (χ4n) is 1.57. The molecule has 26 heavy (non-hydrogen) atoms. The van der Waals surface area contributed by atoms with Crippen LogP contribution in [0.25, 0.3) is 6.08 Å². The van der Waals surface area contributed by atoms with E-state index >= 15 is 0 Å². The number of rotatable bonds is 7. The smallest absolute Gasteiger partial charge is 0.186 e. The van der Waals surface area contributed by atoms with Gasteiger partial charge in [-0.1, -0.05) is 26.0 Å². The van der Waals surface area contributed by atoms with Crippen molar-refractivity contribution in [3.63, 3.8) is 0 Å². The zero-order valence-corrected chi connectivity index (χ0v) is 16.6. The summed E-state index contributed by atoms with van der Waals surface area (Å²) in [5.74, 6) is 6.50. The Bertz CT molecular complexity index is 557. The van der Waals surface area contributed by atoms with E-state index < -0.39 is 0 Å². The lowest BCUT2D eigenvalue weighted by molar-refractivity contribution is 0.174. The Balaban J connectivity index is 0. The van der Waals surface area contributed by atoms with E-state index in [-0.39, 0.29) is 18.0 Å². The minimum Gasteiger partial charge on any atom is -0.496 e. The summed E-state index contributed by atoms with van der Waals surface area (Å²) in [5, 5.41) is 16.9. The minimum absolute atomic E-state index is 0.167. The van der Waals surface area contributed by atoms with Crippen molar-refractivity contribution in [1.29, 1.82) is 10.8 Å². The van der Waals surface area contributed by atoms with Gasteiger partial charge in [0, 0.05) is 17.7 Å². The molecule has 8 heteroatoms. The summed E-state index contributed by atoms with van der Waals surface area (Å²) < 4.78 is 10.6. The highest BCUT2D eigenvalue weighted by Crippen LogP contribution is 2.23. The lowest BCUT2D eigenvalue weighted by Gasteiger charge is -2.12. The molecular formula is C18H34N6O2. The van der Waals surface area contributed by atoms with Crippen LogP contribution in [0.1, 0.15) is 39.7 Å². The molecule has 1 aromatic rings. The second kappa shape index (κ2) is 15.9. The van der Waals surface area contributed by atoms with Crippen LogP contribution in [-0.2, 0) is 4.74 Å². The Morgan fingerprint density at radius 1 is 1.31 bits per heavy atom. The molecule has 1 atom stereocenters. The summed E-state index contributed by atoms with van der Waals surface area (Å²) >= 11 is 0. The van der Waals surface area contributed by atoms with E-state index in [0.29, 0.717) is 6.42 Å². The fourth-order valence-corrected chi connectivity index (χ4v) is 1.57. The average molecular weight is 367 g/mol. The van der Waals surface area contributed by atoms with E-state index in [4.69, 9.17) is 31.9 Å². The largest absolute Gasteiger partial charge is 0.496 e. The first-order valence-electron chi connectivity index (χ1n) is 8.37. The van der Waals surface area contributed by atoms with Crippen LogP contribution in [0.5, 0.6) is 5.75 Å². The SMILES string of the molecule is CC.CC(=N)N.CNC(C)OC(=N)C/C=C/c1cc(NN)ccc1OC. The van der Waals surface area contributed by atoms with Gasteiger partial charge in [-0.15, -0.1) is 0 Å². The number of nitrogen functional groups attached to an aromatic ring is 1. The van der Waals surface area contributed by atoms with Crippen molar-refractivity contribution in [2.75, 3.05) is 19.6 Å². The molecule has 0 aliphatic heterocycles. The van der Waals surface area contributed by atoms with Crippen molar-refractivity contribution in [3.05, 3.63) is 29.8 Å². The van der Waals surface area contributed by atoms with Gasteiger partial charge in [0.05, 0.1) is 12.9 Å². The molecule has 1 aromatic carbocycles. The number of methoxy groups -OCH3 is 1. The second-order valence-corrected chi connectivity index (χ2v) is 4.86. The first-order chi connectivity index (χ1) is 12.3. The van der Waals surface area contributed by atoms with Crippen molar-refractivity contribution in [1.82, 2.24) is 5.32 Å². The van der Waals surface area contributed by atoms with Gasteiger partial charge >= 0.3 is 0 Å². The first-order valence-corrected chi connectivity index (χ1v) is 8.37. The first kappa shape index (κ1) is 25.7. The van der Waals surface area contributed by atoms with Crippen molar-refractivity contribution in [3.8, 4) is 5.75 Å². The van der Waals surface area contributed by atoms with Crippen molar-refractivity contribution < 1.29 is 9.47 Å². The van der Waals surface area contributed by atoms with Crippen LogP contribution in [0.3, 0.4) is 0 Å². The van der Waals surface area contributed by atoms with E-state index in [9.17, 15) is 0 Å². The number of benzene rings is 1. The van der Waals surface area contributed by atoms with E-state index in [1.54, 1.807) is 14.2 Å². The number of anilines is 1. The maximum Gasteiger partial charge on any atom is 0.186 e. The number of ether oxygens (including phenoxy) is 2. The highest BCUT2D eigenvalue weighted by atomic mass is 16.5. The van der Waals surface area contributed by atoms with Crippen LogP contribution in [0.15, 0.2) is 24.3 Å². The van der Waals surface area contributed by atoms with Gasteiger partial charge in [-0.2, -0.15) is 0 Å². The van der Waals surface area contributed by atoms with Gasteiger partial charge in [-0.05, 0) is 39.1 Å². The van der Waals surface area contributed by atoms with Gasteiger partial charge in [-0.25, -0.2) is 0 Å². The summed E-state index contributed by atoms with van der Waals surface area (Å²) in [5.41, 5.74) is 8.96. The lowest BCUT2D eigenvalue weighted by atomic mass is 10.1. The third kappa shape index (κ3) is 12.8. The molecule has 0 saturated carbocycles. The molecule has 0 spiro atoms. The monoisotopic (exact) mass is 366 g/mol. The quantitative estimate of drug-likeness (QED) is 0.144. The van der Waals surface area contributed by atoms with E-state index in [2.05, 4.69) is 10.7 Å². The molecule has 0 saturated heterocycles. The van der Waals surface area contributed by atoms with Crippen molar-refractivity contribution >= 4 is 23.5 Å². The van der Waals surface area contributed by atoms with E-state index in [0.717, 1.165) is 17.0 Å². The van der Waals surface area contributed by atoms with Gasteiger partial charge in [-0.3, -0.25) is 22.0 Å². The van der Waals surface area contributed by atoms with Crippen molar-refractivity contribution in [2.24, 2.45) is 11.6 Å². The standard InChI is InChI=1S/C14H22N4O2.C2H6N2.C2H6/c1-10(17-2)20-14(15)6-4-5-11-9-12(18-16)7-8-13(11)19-3;1-2(3)4;1-2/h4-5,7-10,15,17-18H,6,16H2,1-3H3;1H3,(H3,3,4);1-2H3/b5-4+,15-14?;;. The second-order valence-electron chi connectivity index (χ2n) is 4.86. The zero-order valence-electron chi connectivity index (χ0n) is 16.6. The Morgan fingerprint density at radius 2 is 1.88 bits per heavy atom. The maximum absolute atomic E-state index is 7.69. The summed E-state index contributed by atoms with van der Waals surface area (Å²) in [6, 6.07) is 5.53. The molecule has 0 heterocycles. The summed E-state index contributed by atoms with van der Waals surface area (Å²) in [7, 11) is 3.39. The van der Waals surface area contributed by atoms with E-state index in [1.807, 2.05) is 51.1 Å². The number of hydrazine groups is 1. The summed E-state index contributed by atoms with van der Waals surface area (Å²) in [4.78, 5) is 0. The van der Waals surface area contributed by atoms with Gasteiger partial charge < -0.3 is 20.6 Å². The molecule has 8 nitrogen and oxygen atoms in total. The molecular weight excluding hydrogens is 332 g/mol. The highest BCUT2D eigenvalue weighted by Gasteiger charge is 2.03. The minimum atomic E-state index is -0.171. The highest BCUT2D eigenvalue weighted by molar-refractivity contribution is 5.76. The maximum atomic E-state index is 7.69. The van der Waals surface area contributed by atoms with Gasteiger partial charge in [0.1, 0.15) is 12.0 Å². The molecule has 148 valence electrons. The van der Waals surface area contributed by atoms with Gasteiger partial charge in [0.2, 0.25) is 0 Å². The molecule has 0 aromatic heterocycles. The topological polar surface area (TPSA) is 142 Å². The molecule has 1 unspecified atom stereocenters. The zero-order chi connectivity index (χ0) is 20.5. The number of nitrogens with one attached hydrogen (secondary N) is 4. The molecule has 0 amide bonds. The number of hydrogen-bond donors (Lipinski definition) is 6. The predicted octanol–water partition coefficient (Wildman–Crippen LogP) is 2.91. The molecule has 0 bridgehead atoms. The number of amidine groups is 1. The number of nitrogens with two attached hydrogens (primary N) is 2. The number of hydrogen-bond acceptors (Lipinski definition) is 7. The molecule has 0 radical (unpaired) electrons. The third-order valence-corrected chi connectivity index (χ3v) is 2.72. The van der Waals surface area contributed by atoms with Gasteiger partial charge in [0.25, 0.3) is 0 Å². The summed E-state index contributed by atoms with van der Waals surface area (Å²) in [6.07, 6.45) is 3.97. The average Bonchev–Trinajstić information content (AvgIpc) is 2.62. The fraction of sp³-hybridized carbons (Fsp3) is 0.444. The Kier molecular flexibility index (Phi) is 15.7. The van der Waals surface area contributed by atoms with Crippen LogP contribution >= 0.6 is 0 Å².